The summed E-state index contributed by atoms with van der Waals surface area (Å²) in [6, 6.07) is 14.3. The number of amides is 1. The molecule has 0 aliphatic heterocycles. The number of anilines is 1. The predicted octanol–water partition coefficient (Wildman–Crippen LogP) is 4.42. The normalized spacial score (nSPS) is 10.0. The Bertz CT molecular complexity index is 796. The molecule has 0 bridgehead atoms. The minimum Gasteiger partial charge on any atom is -0.462 e. The molecule has 1 amide bonds. The molecule has 2 aromatic rings. The van der Waals surface area contributed by atoms with Crippen molar-refractivity contribution in [3.63, 3.8) is 0 Å². The molecule has 0 atom stereocenters. The van der Waals surface area contributed by atoms with Crippen molar-refractivity contribution in [2.45, 2.75) is 13.3 Å². The van der Waals surface area contributed by atoms with Gasteiger partial charge in [0.15, 0.2) is 0 Å². The molecule has 0 aliphatic rings. The smallest absolute Gasteiger partial charge is 0.338 e. The molecule has 0 fully saturated rings. The van der Waals surface area contributed by atoms with Crippen LogP contribution in [0.1, 0.15) is 33.2 Å². The van der Waals surface area contributed by atoms with E-state index in [2.05, 4.69) is 13.2 Å². The molecule has 0 N–H and O–H groups in total. The number of carbonyl (C=O) groups excluding carboxylic acids is 2. The zero-order valence-electron chi connectivity index (χ0n) is 15.0. The largest absolute Gasteiger partial charge is 0.462 e. The van der Waals surface area contributed by atoms with Crippen LogP contribution >= 0.6 is 0 Å². The summed E-state index contributed by atoms with van der Waals surface area (Å²) in [5, 5.41) is 0. The lowest BCUT2D eigenvalue weighted by atomic mass is 10.0. The highest BCUT2D eigenvalue weighted by Gasteiger charge is 2.20. The second-order valence-corrected chi connectivity index (χ2v) is 5.63. The van der Waals surface area contributed by atoms with Gasteiger partial charge in [-0.2, -0.15) is 0 Å². The molecule has 0 aromatic heterocycles. The van der Waals surface area contributed by atoms with E-state index in [1.54, 1.807) is 54.3 Å². The molecule has 0 heterocycles. The average Bonchev–Trinajstić information content (AvgIpc) is 2.67. The van der Waals surface area contributed by atoms with Crippen molar-refractivity contribution >= 4 is 17.6 Å². The van der Waals surface area contributed by atoms with E-state index < -0.39 is 0 Å². The van der Waals surface area contributed by atoms with Gasteiger partial charge in [0.25, 0.3) is 5.91 Å². The van der Waals surface area contributed by atoms with Gasteiger partial charge in [-0.05, 0) is 49.2 Å². The number of allylic oxidation sites excluding steroid dienone is 1. The number of esters is 1. The van der Waals surface area contributed by atoms with Crippen molar-refractivity contribution in [1.29, 1.82) is 0 Å². The molecule has 4 heteroatoms. The van der Waals surface area contributed by atoms with Crippen LogP contribution < -0.4 is 4.90 Å². The molecule has 134 valence electrons. The second-order valence-electron chi connectivity index (χ2n) is 5.63. The minimum absolute atomic E-state index is 0.125. The van der Waals surface area contributed by atoms with Crippen LogP contribution in [0.2, 0.25) is 0 Å². The number of nitrogens with zero attached hydrogens (tertiary/aromatic N) is 1. The van der Waals surface area contributed by atoms with E-state index in [4.69, 9.17) is 4.74 Å². The van der Waals surface area contributed by atoms with Crippen LogP contribution in [0.25, 0.3) is 0 Å². The van der Waals surface area contributed by atoms with Crippen LogP contribution in [0.15, 0.2) is 73.8 Å². The number of benzene rings is 2. The fourth-order valence-corrected chi connectivity index (χ4v) is 2.67. The van der Waals surface area contributed by atoms with Gasteiger partial charge in [0.05, 0.1) is 12.2 Å². The van der Waals surface area contributed by atoms with E-state index in [0.29, 0.717) is 30.7 Å². The Labute approximate surface area is 154 Å². The summed E-state index contributed by atoms with van der Waals surface area (Å²) in [6.07, 6.45) is 3.95. The van der Waals surface area contributed by atoms with Crippen LogP contribution in [-0.2, 0) is 11.2 Å². The Kier molecular flexibility index (Phi) is 6.92. The van der Waals surface area contributed by atoms with Crippen molar-refractivity contribution in [3.05, 3.63) is 90.5 Å². The summed E-state index contributed by atoms with van der Waals surface area (Å²) in [5.74, 6) is -0.506. The molecule has 0 saturated carbocycles. The first-order chi connectivity index (χ1) is 12.6. The summed E-state index contributed by atoms with van der Waals surface area (Å²) in [4.78, 5) is 26.6. The third kappa shape index (κ3) is 4.48. The monoisotopic (exact) mass is 349 g/mol. The maximum atomic E-state index is 13.0. The molecule has 4 nitrogen and oxygen atoms in total. The van der Waals surface area contributed by atoms with Crippen molar-refractivity contribution < 1.29 is 14.3 Å². The van der Waals surface area contributed by atoms with E-state index in [0.717, 1.165) is 11.3 Å². The van der Waals surface area contributed by atoms with Gasteiger partial charge in [-0.1, -0.05) is 30.4 Å². The number of rotatable bonds is 8. The third-order valence-electron chi connectivity index (χ3n) is 3.82. The summed E-state index contributed by atoms with van der Waals surface area (Å²) in [6.45, 7) is 9.97. The molecule has 26 heavy (non-hydrogen) atoms. The van der Waals surface area contributed by atoms with Gasteiger partial charge < -0.3 is 9.64 Å². The number of carbonyl (C=O) groups is 2. The lowest BCUT2D eigenvalue weighted by Gasteiger charge is -2.24. The van der Waals surface area contributed by atoms with Gasteiger partial charge >= 0.3 is 5.97 Å². The van der Waals surface area contributed by atoms with Gasteiger partial charge in [0.1, 0.15) is 0 Å². The maximum Gasteiger partial charge on any atom is 0.338 e. The zero-order chi connectivity index (χ0) is 18.9. The molecule has 0 radical (unpaired) electrons. The van der Waals surface area contributed by atoms with Crippen LogP contribution in [-0.4, -0.2) is 25.0 Å². The molecule has 0 unspecified atom stereocenters. The Morgan fingerprint density at radius 3 is 2.38 bits per heavy atom. The van der Waals surface area contributed by atoms with Crippen LogP contribution in [0.3, 0.4) is 0 Å². The number of hydrogen-bond donors (Lipinski definition) is 0. The second kappa shape index (κ2) is 9.37. The van der Waals surface area contributed by atoms with Gasteiger partial charge in [-0.3, -0.25) is 4.79 Å². The highest BCUT2D eigenvalue weighted by molar-refractivity contribution is 6.07. The minimum atomic E-state index is -0.381. The summed E-state index contributed by atoms with van der Waals surface area (Å²) in [5.41, 5.74) is 2.61. The number of hydrogen-bond acceptors (Lipinski definition) is 3. The Morgan fingerprint density at radius 1 is 1.04 bits per heavy atom. The molecule has 2 aromatic carbocycles. The van der Waals surface area contributed by atoms with Crippen LogP contribution in [0.5, 0.6) is 0 Å². The Balaban J connectivity index is 2.46. The summed E-state index contributed by atoms with van der Waals surface area (Å²) in [7, 11) is 0. The predicted molar refractivity (Wildman–Crippen MR) is 105 cm³/mol. The van der Waals surface area contributed by atoms with Gasteiger partial charge in [-0.25, -0.2) is 4.79 Å². The highest BCUT2D eigenvalue weighted by atomic mass is 16.5. The Morgan fingerprint density at radius 2 is 1.77 bits per heavy atom. The van der Waals surface area contributed by atoms with E-state index in [-0.39, 0.29) is 11.9 Å². The molecular formula is C22H23NO3. The van der Waals surface area contributed by atoms with Gasteiger partial charge in [-0.15, -0.1) is 13.2 Å². The fraction of sp³-hybridized carbons (Fsp3) is 0.182. The zero-order valence-corrected chi connectivity index (χ0v) is 15.0. The topological polar surface area (TPSA) is 46.6 Å². The SMILES string of the molecule is C=CCc1cc(C(=O)OCC)ccc1N(CC=C)C(=O)c1ccccc1. The summed E-state index contributed by atoms with van der Waals surface area (Å²) < 4.78 is 5.06. The van der Waals surface area contributed by atoms with Crippen molar-refractivity contribution in [2.75, 3.05) is 18.1 Å². The molecule has 0 aliphatic carbocycles. The first-order valence-electron chi connectivity index (χ1n) is 8.51. The Hall–Kier alpha value is -3.14. The quantitative estimate of drug-likeness (QED) is 0.523. The molecule has 0 saturated heterocycles. The summed E-state index contributed by atoms with van der Waals surface area (Å²) >= 11 is 0. The van der Waals surface area contributed by atoms with Crippen LogP contribution in [0, 0.1) is 0 Å². The van der Waals surface area contributed by atoms with E-state index in [1.165, 1.54) is 0 Å². The van der Waals surface area contributed by atoms with Gasteiger partial charge in [0.2, 0.25) is 0 Å². The van der Waals surface area contributed by atoms with Crippen molar-refractivity contribution in [1.82, 2.24) is 0 Å². The van der Waals surface area contributed by atoms with Crippen molar-refractivity contribution in [2.24, 2.45) is 0 Å². The van der Waals surface area contributed by atoms with E-state index >= 15 is 0 Å². The maximum absolute atomic E-state index is 13.0. The molecule has 2 rings (SSSR count). The molecule has 0 spiro atoms. The lowest BCUT2D eigenvalue weighted by Crippen LogP contribution is -2.32. The highest BCUT2D eigenvalue weighted by Crippen LogP contribution is 2.25. The van der Waals surface area contributed by atoms with Crippen LogP contribution in [0.4, 0.5) is 5.69 Å². The lowest BCUT2D eigenvalue weighted by molar-refractivity contribution is 0.0526. The van der Waals surface area contributed by atoms with E-state index in [1.807, 2.05) is 18.2 Å². The van der Waals surface area contributed by atoms with E-state index in [9.17, 15) is 9.59 Å². The number of ether oxygens (including phenoxy) is 1. The standard InChI is InChI=1S/C22H23NO3/c1-4-10-18-16-19(22(25)26-6-3)13-14-20(18)23(15-5-2)21(24)17-11-8-7-9-12-17/h4-5,7-9,11-14,16H,1-2,6,10,15H2,3H3. The third-order valence-corrected chi connectivity index (χ3v) is 3.82. The van der Waals surface area contributed by atoms with Gasteiger partial charge in [0, 0.05) is 17.8 Å². The average molecular weight is 349 g/mol. The fourth-order valence-electron chi connectivity index (χ4n) is 2.67. The first kappa shape index (κ1) is 19.2. The molecular weight excluding hydrogens is 326 g/mol. The first-order valence-corrected chi connectivity index (χ1v) is 8.51. The van der Waals surface area contributed by atoms with Crippen molar-refractivity contribution in [3.8, 4) is 0 Å².